The van der Waals surface area contributed by atoms with Crippen molar-refractivity contribution in [2.75, 3.05) is 32.7 Å². The standard InChI is InChI=1S/C9H20ClNO/c1-3-9(4-5-10)8-11-6-7-12-2/h9,11H,3-8H2,1-2H3. The van der Waals surface area contributed by atoms with Crippen LogP contribution in [0.4, 0.5) is 0 Å². The van der Waals surface area contributed by atoms with E-state index in [9.17, 15) is 0 Å². The minimum absolute atomic E-state index is 0.722. The molecule has 2 nitrogen and oxygen atoms in total. The van der Waals surface area contributed by atoms with Gasteiger partial charge in [0.25, 0.3) is 0 Å². The zero-order valence-corrected chi connectivity index (χ0v) is 8.86. The van der Waals surface area contributed by atoms with Crippen molar-refractivity contribution in [2.24, 2.45) is 5.92 Å². The molecule has 0 bridgehead atoms. The molecule has 0 amide bonds. The predicted molar refractivity (Wildman–Crippen MR) is 53.9 cm³/mol. The normalized spacial score (nSPS) is 13.2. The molecule has 0 saturated heterocycles. The van der Waals surface area contributed by atoms with Gasteiger partial charge in [0.1, 0.15) is 0 Å². The smallest absolute Gasteiger partial charge is 0.0587 e. The van der Waals surface area contributed by atoms with Gasteiger partial charge in [0.15, 0.2) is 0 Å². The lowest BCUT2D eigenvalue weighted by Crippen LogP contribution is -2.26. The van der Waals surface area contributed by atoms with Crippen molar-refractivity contribution in [3.8, 4) is 0 Å². The van der Waals surface area contributed by atoms with E-state index in [2.05, 4.69) is 12.2 Å². The predicted octanol–water partition coefficient (Wildman–Crippen LogP) is 1.88. The Morgan fingerprint density at radius 3 is 2.75 bits per heavy atom. The number of halogens is 1. The molecule has 3 heteroatoms. The van der Waals surface area contributed by atoms with Crippen molar-refractivity contribution in [2.45, 2.75) is 19.8 Å². The van der Waals surface area contributed by atoms with E-state index in [4.69, 9.17) is 16.3 Å². The van der Waals surface area contributed by atoms with Crippen LogP contribution in [0, 0.1) is 5.92 Å². The molecule has 0 heterocycles. The fourth-order valence-electron chi connectivity index (χ4n) is 1.09. The zero-order valence-electron chi connectivity index (χ0n) is 8.11. The van der Waals surface area contributed by atoms with Gasteiger partial charge in [-0.1, -0.05) is 13.3 Å². The van der Waals surface area contributed by atoms with E-state index < -0.39 is 0 Å². The molecule has 0 saturated carbocycles. The fourth-order valence-corrected chi connectivity index (χ4v) is 1.39. The van der Waals surface area contributed by atoms with Gasteiger partial charge in [0, 0.05) is 19.5 Å². The minimum atomic E-state index is 0.722. The number of ether oxygens (including phenoxy) is 1. The van der Waals surface area contributed by atoms with Gasteiger partial charge in [-0.2, -0.15) is 0 Å². The van der Waals surface area contributed by atoms with Crippen LogP contribution in [0.2, 0.25) is 0 Å². The highest BCUT2D eigenvalue weighted by Gasteiger charge is 2.03. The third-order valence-electron chi connectivity index (χ3n) is 2.01. The molecule has 0 aromatic carbocycles. The van der Waals surface area contributed by atoms with Crippen LogP contribution in [0.1, 0.15) is 19.8 Å². The first-order chi connectivity index (χ1) is 5.85. The number of rotatable bonds is 8. The summed E-state index contributed by atoms with van der Waals surface area (Å²) in [6.07, 6.45) is 2.31. The summed E-state index contributed by atoms with van der Waals surface area (Å²) >= 11 is 5.66. The molecule has 1 atom stereocenters. The average molecular weight is 194 g/mol. The van der Waals surface area contributed by atoms with Crippen LogP contribution in [0.15, 0.2) is 0 Å². The quantitative estimate of drug-likeness (QED) is 0.470. The van der Waals surface area contributed by atoms with Crippen LogP contribution in [-0.4, -0.2) is 32.7 Å². The summed E-state index contributed by atoms with van der Waals surface area (Å²) in [5, 5.41) is 3.34. The lowest BCUT2D eigenvalue weighted by molar-refractivity contribution is 0.197. The van der Waals surface area contributed by atoms with Crippen molar-refractivity contribution >= 4 is 11.6 Å². The second-order valence-electron chi connectivity index (χ2n) is 2.95. The molecule has 1 N–H and O–H groups in total. The summed E-state index contributed by atoms with van der Waals surface area (Å²) in [4.78, 5) is 0. The lowest BCUT2D eigenvalue weighted by Gasteiger charge is -2.13. The maximum absolute atomic E-state index is 5.66. The number of hydrogen-bond acceptors (Lipinski definition) is 2. The number of alkyl halides is 1. The van der Waals surface area contributed by atoms with E-state index >= 15 is 0 Å². The Bertz CT molecular complexity index is 90.6. The molecule has 0 aliphatic rings. The van der Waals surface area contributed by atoms with Gasteiger partial charge < -0.3 is 10.1 Å². The van der Waals surface area contributed by atoms with E-state index in [0.29, 0.717) is 0 Å². The van der Waals surface area contributed by atoms with E-state index in [1.54, 1.807) is 7.11 Å². The number of nitrogens with one attached hydrogen (secondary N) is 1. The van der Waals surface area contributed by atoms with Crippen molar-refractivity contribution < 1.29 is 4.74 Å². The molecule has 12 heavy (non-hydrogen) atoms. The Morgan fingerprint density at radius 2 is 2.25 bits per heavy atom. The summed E-state index contributed by atoms with van der Waals surface area (Å²) in [7, 11) is 1.72. The Labute approximate surface area is 80.6 Å². The van der Waals surface area contributed by atoms with Crippen LogP contribution >= 0.6 is 11.6 Å². The third-order valence-corrected chi connectivity index (χ3v) is 2.23. The maximum Gasteiger partial charge on any atom is 0.0587 e. The van der Waals surface area contributed by atoms with Crippen LogP contribution < -0.4 is 5.32 Å². The zero-order chi connectivity index (χ0) is 9.23. The van der Waals surface area contributed by atoms with Gasteiger partial charge >= 0.3 is 0 Å². The van der Waals surface area contributed by atoms with Gasteiger partial charge in [0.05, 0.1) is 6.61 Å². The van der Waals surface area contributed by atoms with Crippen LogP contribution in [-0.2, 0) is 4.74 Å². The van der Waals surface area contributed by atoms with E-state index in [1.165, 1.54) is 6.42 Å². The van der Waals surface area contributed by atoms with Gasteiger partial charge in [-0.15, -0.1) is 11.6 Å². The molecule has 0 spiro atoms. The van der Waals surface area contributed by atoms with Gasteiger partial charge in [0.2, 0.25) is 0 Å². The van der Waals surface area contributed by atoms with E-state index in [-0.39, 0.29) is 0 Å². The summed E-state index contributed by atoms with van der Waals surface area (Å²) in [5.74, 6) is 1.49. The Hall–Kier alpha value is 0.210. The van der Waals surface area contributed by atoms with E-state index in [1.807, 2.05) is 0 Å². The van der Waals surface area contributed by atoms with Crippen molar-refractivity contribution in [1.82, 2.24) is 5.32 Å². The minimum Gasteiger partial charge on any atom is -0.383 e. The number of methoxy groups -OCH3 is 1. The van der Waals surface area contributed by atoms with Crippen molar-refractivity contribution in [3.05, 3.63) is 0 Å². The molecule has 0 aliphatic carbocycles. The first-order valence-corrected chi connectivity index (χ1v) is 5.14. The molecule has 0 aromatic rings. The second kappa shape index (κ2) is 9.30. The monoisotopic (exact) mass is 193 g/mol. The highest BCUT2D eigenvalue weighted by Crippen LogP contribution is 2.07. The molecule has 0 radical (unpaired) electrons. The van der Waals surface area contributed by atoms with Crippen LogP contribution in [0.5, 0.6) is 0 Å². The fraction of sp³-hybridized carbons (Fsp3) is 1.00. The van der Waals surface area contributed by atoms with Gasteiger partial charge in [-0.05, 0) is 18.9 Å². The Morgan fingerprint density at radius 1 is 1.50 bits per heavy atom. The Balaban J connectivity index is 3.19. The number of hydrogen-bond donors (Lipinski definition) is 1. The van der Waals surface area contributed by atoms with Crippen molar-refractivity contribution in [1.29, 1.82) is 0 Å². The molecule has 0 rings (SSSR count). The average Bonchev–Trinajstić information content (AvgIpc) is 2.10. The van der Waals surface area contributed by atoms with Gasteiger partial charge in [-0.25, -0.2) is 0 Å². The molecular formula is C9H20ClNO. The SMILES string of the molecule is CCC(CCCl)CNCCOC. The molecule has 74 valence electrons. The van der Waals surface area contributed by atoms with Crippen LogP contribution in [0.25, 0.3) is 0 Å². The molecular weight excluding hydrogens is 174 g/mol. The largest absolute Gasteiger partial charge is 0.383 e. The highest BCUT2D eigenvalue weighted by molar-refractivity contribution is 6.17. The summed E-state index contributed by atoms with van der Waals surface area (Å²) in [5.41, 5.74) is 0. The van der Waals surface area contributed by atoms with E-state index in [0.717, 1.165) is 37.9 Å². The van der Waals surface area contributed by atoms with Gasteiger partial charge in [-0.3, -0.25) is 0 Å². The molecule has 0 fully saturated rings. The summed E-state index contributed by atoms with van der Waals surface area (Å²) in [6, 6.07) is 0. The van der Waals surface area contributed by atoms with Crippen molar-refractivity contribution in [3.63, 3.8) is 0 Å². The van der Waals surface area contributed by atoms with Crippen LogP contribution in [0.3, 0.4) is 0 Å². The summed E-state index contributed by atoms with van der Waals surface area (Å²) in [6.45, 7) is 4.99. The molecule has 0 aromatic heterocycles. The second-order valence-corrected chi connectivity index (χ2v) is 3.33. The lowest BCUT2D eigenvalue weighted by atomic mass is 10.0. The third kappa shape index (κ3) is 6.89. The summed E-state index contributed by atoms with van der Waals surface area (Å²) < 4.78 is 4.93. The first kappa shape index (κ1) is 12.2. The Kier molecular flexibility index (Phi) is 9.46. The molecule has 1 unspecified atom stereocenters. The topological polar surface area (TPSA) is 21.3 Å². The molecule has 0 aliphatic heterocycles. The maximum atomic E-state index is 5.66. The first-order valence-electron chi connectivity index (χ1n) is 4.60. The highest BCUT2D eigenvalue weighted by atomic mass is 35.5.